The number of hydrogen-bond acceptors (Lipinski definition) is 3. The quantitative estimate of drug-likeness (QED) is 0.806. The average molecular weight is 360 g/mol. The van der Waals surface area contributed by atoms with Gasteiger partial charge in [-0.3, -0.25) is 9.59 Å². The van der Waals surface area contributed by atoms with Crippen LogP contribution in [0.15, 0.2) is 48.5 Å². The van der Waals surface area contributed by atoms with Crippen molar-refractivity contribution >= 4 is 35.6 Å². The van der Waals surface area contributed by atoms with Crippen LogP contribution in [0.2, 0.25) is 0 Å². The van der Waals surface area contributed by atoms with Gasteiger partial charge in [-0.15, -0.1) is 12.4 Å². The molecule has 1 aliphatic heterocycles. The summed E-state index contributed by atoms with van der Waals surface area (Å²) in [5.41, 5.74) is 9.07. The second-order valence-electron chi connectivity index (χ2n) is 6.08. The Kier molecular flexibility index (Phi) is 6.42. The van der Waals surface area contributed by atoms with Crippen LogP contribution in [0.3, 0.4) is 0 Å². The first-order valence-electron chi connectivity index (χ1n) is 8.11. The van der Waals surface area contributed by atoms with E-state index in [2.05, 4.69) is 5.32 Å². The average Bonchev–Trinajstić information content (AvgIpc) is 2.96. The van der Waals surface area contributed by atoms with E-state index >= 15 is 0 Å². The molecular formula is C19H22ClN3O2. The number of likely N-dealkylation sites (tertiary alicyclic amines) is 1. The predicted octanol–water partition coefficient (Wildman–Crippen LogP) is 2.99. The second-order valence-corrected chi connectivity index (χ2v) is 6.08. The summed E-state index contributed by atoms with van der Waals surface area (Å²) in [5.74, 6) is 0.151. The van der Waals surface area contributed by atoms with Gasteiger partial charge in [0.05, 0.1) is 6.42 Å². The highest BCUT2D eigenvalue weighted by atomic mass is 35.5. The SMILES string of the molecule is Cl.Nc1ccc(CC(=O)Nc2ccc(CN3CCCC3=O)cc2)cc1. The fraction of sp³-hybridized carbons (Fsp3) is 0.263. The summed E-state index contributed by atoms with van der Waals surface area (Å²) in [4.78, 5) is 25.6. The third kappa shape index (κ3) is 5.22. The van der Waals surface area contributed by atoms with Gasteiger partial charge in [0.1, 0.15) is 0 Å². The van der Waals surface area contributed by atoms with Gasteiger partial charge in [0, 0.05) is 30.9 Å². The number of nitrogens with one attached hydrogen (secondary N) is 1. The van der Waals surface area contributed by atoms with Crippen LogP contribution >= 0.6 is 12.4 Å². The van der Waals surface area contributed by atoms with Crippen LogP contribution in [-0.4, -0.2) is 23.3 Å². The molecule has 0 unspecified atom stereocenters. The van der Waals surface area contributed by atoms with E-state index in [0.717, 1.165) is 29.8 Å². The van der Waals surface area contributed by atoms with Gasteiger partial charge in [-0.05, 0) is 41.8 Å². The van der Waals surface area contributed by atoms with Crippen molar-refractivity contribution in [2.75, 3.05) is 17.6 Å². The van der Waals surface area contributed by atoms with E-state index in [-0.39, 0.29) is 24.2 Å². The Morgan fingerprint density at radius 2 is 1.68 bits per heavy atom. The molecule has 25 heavy (non-hydrogen) atoms. The van der Waals surface area contributed by atoms with E-state index in [0.29, 0.717) is 25.1 Å². The zero-order valence-electron chi connectivity index (χ0n) is 13.9. The predicted molar refractivity (Wildman–Crippen MR) is 102 cm³/mol. The van der Waals surface area contributed by atoms with Crippen LogP contribution in [0, 0.1) is 0 Å². The number of rotatable bonds is 5. The fourth-order valence-corrected chi connectivity index (χ4v) is 2.81. The molecular weight excluding hydrogens is 338 g/mol. The van der Waals surface area contributed by atoms with E-state index in [4.69, 9.17) is 5.73 Å². The van der Waals surface area contributed by atoms with Gasteiger partial charge in [0.25, 0.3) is 0 Å². The number of carbonyl (C=O) groups is 2. The molecule has 0 aromatic heterocycles. The molecule has 2 aromatic rings. The maximum Gasteiger partial charge on any atom is 0.228 e. The molecule has 2 aromatic carbocycles. The largest absolute Gasteiger partial charge is 0.399 e. The molecule has 1 heterocycles. The third-order valence-electron chi connectivity index (χ3n) is 4.13. The van der Waals surface area contributed by atoms with Gasteiger partial charge in [-0.25, -0.2) is 0 Å². The first-order chi connectivity index (χ1) is 11.6. The lowest BCUT2D eigenvalue weighted by molar-refractivity contribution is -0.128. The minimum atomic E-state index is -0.0674. The van der Waals surface area contributed by atoms with Crippen molar-refractivity contribution in [1.29, 1.82) is 0 Å². The molecule has 132 valence electrons. The minimum Gasteiger partial charge on any atom is -0.399 e. The van der Waals surface area contributed by atoms with E-state index in [9.17, 15) is 9.59 Å². The number of nitrogens with two attached hydrogens (primary N) is 1. The number of carbonyl (C=O) groups excluding carboxylic acids is 2. The normalized spacial score (nSPS) is 13.4. The Bertz CT molecular complexity index is 729. The van der Waals surface area contributed by atoms with Gasteiger partial charge in [0.15, 0.2) is 0 Å². The van der Waals surface area contributed by atoms with Crippen LogP contribution < -0.4 is 11.1 Å². The highest BCUT2D eigenvalue weighted by Crippen LogP contribution is 2.16. The van der Waals surface area contributed by atoms with Crippen LogP contribution in [0.1, 0.15) is 24.0 Å². The molecule has 5 nitrogen and oxygen atoms in total. The number of nitrogen functional groups attached to an aromatic ring is 1. The number of hydrogen-bond donors (Lipinski definition) is 2. The van der Waals surface area contributed by atoms with Gasteiger partial charge in [-0.2, -0.15) is 0 Å². The third-order valence-corrected chi connectivity index (χ3v) is 4.13. The van der Waals surface area contributed by atoms with E-state index < -0.39 is 0 Å². The van der Waals surface area contributed by atoms with Crippen LogP contribution in [0.4, 0.5) is 11.4 Å². The van der Waals surface area contributed by atoms with Gasteiger partial charge in [0.2, 0.25) is 11.8 Å². The molecule has 3 rings (SSSR count). The number of anilines is 2. The maximum absolute atomic E-state index is 12.1. The van der Waals surface area contributed by atoms with Crippen molar-refractivity contribution in [1.82, 2.24) is 4.90 Å². The van der Waals surface area contributed by atoms with Crippen molar-refractivity contribution in [3.8, 4) is 0 Å². The monoisotopic (exact) mass is 359 g/mol. The lowest BCUT2D eigenvalue weighted by Gasteiger charge is -2.15. The van der Waals surface area contributed by atoms with Crippen LogP contribution in [-0.2, 0) is 22.6 Å². The first kappa shape index (κ1) is 18.8. The fourth-order valence-electron chi connectivity index (χ4n) is 2.81. The Balaban J connectivity index is 0.00000225. The standard InChI is InChI=1S/C19H21N3O2.ClH/c20-16-7-3-14(4-8-16)12-18(23)21-17-9-5-15(6-10-17)13-22-11-1-2-19(22)24;/h3-10H,1-2,11-13,20H2,(H,21,23);1H. The second kappa shape index (κ2) is 8.53. The summed E-state index contributed by atoms with van der Waals surface area (Å²) >= 11 is 0. The summed E-state index contributed by atoms with van der Waals surface area (Å²) < 4.78 is 0. The topological polar surface area (TPSA) is 75.4 Å². The molecule has 0 bridgehead atoms. The van der Waals surface area contributed by atoms with Crippen LogP contribution in [0.5, 0.6) is 0 Å². The van der Waals surface area contributed by atoms with Crippen molar-refractivity contribution in [2.24, 2.45) is 0 Å². The van der Waals surface area contributed by atoms with Crippen molar-refractivity contribution in [3.05, 3.63) is 59.7 Å². The Hall–Kier alpha value is -2.53. The molecule has 0 atom stereocenters. The molecule has 0 saturated carbocycles. The summed E-state index contributed by atoms with van der Waals surface area (Å²) in [5, 5.41) is 2.88. The van der Waals surface area contributed by atoms with Gasteiger partial charge in [-0.1, -0.05) is 24.3 Å². The first-order valence-corrected chi connectivity index (χ1v) is 8.11. The van der Waals surface area contributed by atoms with Gasteiger partial charge >= 0.3 is 0 Å². The van der Waals surface area contributed by atoms with Crippen LogP contribution in [0.25, 0.3) is 0 Å². The van der Waals surface area contributed by atoms with Crippen molar-refractivity contribution < 1.29 is 9.59 Å². The summed E-state index contributed by atoms with van der Waals surface area (Å²) in [6, 6.07) is 14.9. The van der Waals surface area contributed by atoms with Crippen molar-refractivity contribution in [3.63, 3.8) is 0 Å². The number of amides is 2. The zero-order chi connectivity index (χ0) is 16.9. The minimum absolute atomic E-state index is 0. The maximum atomic E-state index is 12.1. The summed E-state index contributed by atoms with van der Waals surface area (Å²) in [7, 11) is 0. The molecule has 0 aliphatic carbocycles. The smallest absolute Gasteiger partial charge is 0.228 e. The van der Waals surface area contributed by atoms with Gasteiger partial charge < -0.3 is 16.0 Å². The van der Waals surface area contributed by atoms with E-state index in [1.807, 2.05) is 41.3 Å². The molecule has 1 saturated heterocycles. The zero-order valence-corrected chi connectivity index (χ0v) is 14.7. The summed E-state index contributed by atoms with van der Waals surface area (Å²) in [6.45, 7) is 1.47. The molecule has 2 amide bonds. The molecule has 1 aliphatic rings. The molecule has 0 spiro atoms. The molecule has 1 fully saturated rings. The number of nitrogens with zero attached hydrogens (tertiary/aromatic N) is 1. The molecule has 3 N–H and O–H groups in total. The van der Waals surface area contributed by atoms with E-state index in [1.54, 1.807) is 12.1 Å². The Morgan fingerprint density at radius 1 is 1.04 bits per heavy atom. The number of halogens is 1. The van der Waals surface area contributed by atoms with E-state index in [1.165, 1.54) is 0 Å². The Morgan fingerprint density at radius 3 is 2.28 bits per heavy atom. The lowest BCUT2D eigenvalue weighted by atomic mass is 10.1. The summed E-state index contributed by atoms with van der Waals surface area (Å²) in [6.07, 6.45) is 1.90. The molecule has 6 heteroatoms. The van der Waals surface area contributed by atoms with Crippen molar-refractivity contribution in [2.45, 2.75) is 25.8 Å². The Labute approximate surface area is 153 Å². The molecule has 0 radical (unpaired) electrons. The lowest BCUT2D eigenvalue weighted by Crippen LogP contribution is -2.23. The number of benzene rings is 2. The highest BCUT2D eigenvalue weighted by Gasteiger charge is 2.19. The highest BCUT2D eigenvalue weighted by molar-refractivity contribution is 5.92.